The molecule has 0 aliphatic carbocycles. The lowest BCUT2D eigenvalue weighted by atomic mass is 10.0. The SMILES string of the molecule is Cc1ccccc1CC(CO)NCc1cnc(-c2ccccc2)s1. The Morgan fingerprint density at radius 3 is 2.58 bits per heavy atom. The van der Waals surface area contributed by atoms with Crippen LogP contribution in [-0.4, -0.2) is 22.7 Å². The number of aromatic nitrogens is 1. The summed E-state index contributed by atoms with van der Waals surface area (Å²) in [4.78, 5) is 5.68. The van der Waals surface area contributed by atoms with Crippen LogP contribution in [0.25, 0.3) is 10.6 Å². The Bertz CT molecular complexity index is 770. The molecule has 2 aromatic carbocycles. The lowest BCUT2D eigenvalue weighted by molar-refractivity contribution is 0.241. The third-order valence-electron chi connectivity index (χ3n) is 4.09. The topological polar surface area (TPSA) is 45.1 Å². The number of hydrogen-bond donors (Lipinski definition) is 2. The summed E-state index contributed by atoms with van der Waals surface area (Å²) in [6, 6.07) is 18.6. The van der Waals surface area contributed by atoms with Crippen molar-refractivity contribution in [3.05, 3.63) is 76.8 Å². The summed E-state index contributed by atoms with van der Waals surface area (Å²) in [5, 5.41) is 14.1. The van der Waals surface area contributed by atoms with Crippen LogP contribution in [0.5, 0.6) is 0 Å². The molecule has 124 valence electrons. The summed E-state index contributed by atoms with van der Waals surface area (Å²) in [5.74, 6) is 0. The molecule has 0 spiro atoms. The van der Waals surface area contributed by atoms with E-state index < -0.39 is 0 Å². The number of aryl methyl sites for hydroxylation is 1. The summed E-state index contributed by atoms with van der Waals surface area (Å²) in [6.07, 6.45) is 2.75. The normalized spacial score (nSPS) is 12.2. The van der Waals surface area contributed by atoms with Crippen LogP contribution in [0.2, 0.25) is 0 Å². The van der Waals surface area contributed by atoms with Gasteiger partial charge in [0.05, 0.1) is 6.61 Å². The minimum Gasteiger partial charge on any atom is -0.395 e. The van der Waals surface area contributed by atoms with Crippen molar-refractivity contribution in [2.45, 2.75) is 25.9 Å². The van der Waals surface area contributed by atoms with Gasteiger partial charge in [-0.2, -0.15) is 0 Å². The molecule has 0 saturated heterocycles. The standard InChI is InChI=1S/C20H22N2OS/c1-15-7-5-6-10-17(15)11-18(14-23)21-12-19-13-22-20(24-19)16-8-3-2-4-9-16/h2-10,13,18,21,23H,11-12,14H2,1H3. The number of hydrogen-bond acceptors (Lipinski definition) is 4. The number of rotatable bonds is 7. The predicted octanol–water partition coefficient (Wildman–Crippen LogP) is 3.81. The van der Waals surface area contributed by atoms with Crippen molar-refractivity contribution in [1.29, 1.82) is 0 Å². The molecule has 0 fully saturated rings. The van der Waals surface area contributed by atoms with Crippen LogP contribution >= 0.6 is 11.3 Å². The van der Waals surface area contributed by atoms with Crippen LogP contribution < -0.4 is 5.32 Å². The van der Waals surface area contributed by atoms with Gasteiger partial charge < -0.3 is 10.4 Å². The van der Waals surface area contributed by atoms with Gasteiger partial charge in [-0.15, -0.1) is 11.3 Å². The minimum atomic E-state index is 0.0494. The Morgan fingerprint density at radius 1 is 1.08 bits per heavy atom. The number of benzene rings is 2. The second kappa shape index (κ2) is 8.20. The number of nitrogens with one attached hydrogen (secondary N) is 1. The van der Waals surface area contributed by atoms with E-state index in [9.17, 15) is 5.11 Å². The van der Waals surface area contributed by atoms with E-state index in [0.29, 0.717) is 0 Å². The quantitative estimate of drug-likeness (QED) is 0.688. The second-order valence-corrected chi connectivity index (χ2v) is 7.00. The molecule has 3 rings (SSSR count). The number of aliphatic hydroxyl groups is 1. The summed E-state index contributed by atoms with van der Waals surface area (Å²) in [6.45, 7) is 2.96. The van der Waals surface area contributed by atoms with Crippen molar-refractivity contribution in [2.75, 3.05) is 6.61 Å². The summed E-state index contributed by atoms with van der Waals surface area (Å²) >= 11 is 1.69. The zero-order valence-electron chi connectivity index (χ0n) is 13.8. The van der Waals surface area contributed by atoms with E-state index in [2.05, 4.69) is 41.5 Å². The highest BCUT2D eigenvalue weighted by Crippen LogP contribution is 2.24. The molecule has 3 nitrogen and oxygen atoms in total. The molecule has 4 heteroatoms. The van der Waals surface area contributed by atoms with Crippen LogP contribution in [-0.2, 0) is 13.0 Å². The highest BCUT2D eigenvalue weighted by Gasteiger charge is 2.11. The van der Waals surface area contributed by atoms with Gasteiger partial charge in [0.15, 0.2) is 0 Å². The molecule has 24 heavy (non-hydrogen) atoms. The monoisotopic (exact) mass is 338 g/mol. The predicted molar refractivity (Wildman–Crippen MR) is 100 cm³/mol. The number of aliphatic hydroxyl groups excluding tert-OH is 1. The van der Waals surface area contributed by atoms with Crippen molar-refractivity contribution in [3.8, 4) is 10.6 Å². The van der Waals surface area contributed by atoms with E-state index in [1.165, 1.54) is 16.0 Å². The van der Waals surface area contributed by atoms with Gasteiger partial charge in [-0.05, 0) is 24.5 Å². The van der Waals surface area contributed by atoms with Crippen LogP contribution in [0.1, 0.15) is 16.0 Å². The van der Waals surface area contributed by atoms with Gasteiger partial charge in [0.1, 0.15) is 5.01 Å². The average molecular weight is 338 g/mol. The molecular weight excluding hydrogens is 316 g/mol. The molecule has 0 aliphatic heterocycles. The van der Waals surface area contributed by atoms with Crippen molar-refractivity contribution < 1.29 is 5.11 Å². The first-order valence-corrected chi connectivity index (χ1v) is 8.97. The van der Waals surface area contributed by atoms with Crippen molar-refractivity contribution in [3.63, 3.8) is 0 Å². The van der Waals surface area contributed by atoms with E-state index in [0.717, 1.165) is 23.5 Å². The van der Waals surface area contributed by atoms with Crippen molar-refractivity contribution >= 4 is 11.3 Å². The molecule has 0 radical (unpaired) electrons. The van der Waals surface area contributed by atoms with Gasteiger partial charge >= 0.3 is 0 Å². The lowest BCUT2D eigenvalue weighted by Gasteiger charge is -2.17. The molecule has 1 aromatic heterocycles. The first-order chi connectivity index (χ1) is 11.8. The van der Waals surface area contributed by atoms with Crippen LogP contribution in [0, 0.1) is 6.92 Å². The first-order valence-electron chi connectivity index (χ1n) is 8.15. The molecule has 0 bridgehead atoms. The molecule has 0 aliphatic rings. The Labute approximate surface area is 147 Å². The fourth-order valence-corrected chi connectivity index (χ4v) is 3.52. The molecule has 1 heterocycles. The van der Waals surface area contributed by atoms with E-state index in [1.54, 1.807) is 11.3 Å². The summed E-state index contributed by atoms with van der Waals surface area (Å²) in [5.41, 5.74) is 3.69. The second-order valence-electron chi connectivity index (χ2n) is 5.89. The molecule has 3 aromatic rings. The molecule has 2 N–H and O–H groups in total. The van der Waals surface area contributed by atoms with E-state index in [4.69, 9.17) is 0 Å². The molecule has 0 saturated carbocycles. The van der Waals surface area contributed by atoms with Crippen LogP contribution in [0.15, 0.2) is 60.8 Å². The van der Waals surface area contributed by atoms with Crippen LogP contribution in [0.3, 0.4) is 0 Å². The Kier molecular flexibility index (Phi) is 5.75. The van der Waals surface area contributed by atoms with E-state index in [1.807, 2.05) is 36.5 Å². The average Bonchev–Trinajstić information content (AvgIpc) is 3.10. The summed E-state index contributed by atoms with van der Waals surface area (Å²) < 4.78 is 0. The van der Waals surface area contributed by atoms with Gasteiger partial charge in [-0.1, -0.05) is 54.6 Å². The van der Waals surface area contributed by atoms with Gasteiger partial charge in [-0.3, -0.25) is 0 Å². The van der Waals surface area contributed by atoms with Gasteiger partial charge in [0.25, 0.3) is 0 Å². The highest BCUT2D eigenvalue weighted by atomic mass is 32.1. The maximum Gasteiger partial charge on any atom is 0.123 e. The Balaban J connectivity index is 1.60. The Morgan fingerprint density at radius 2 is 1.83 bits per heavy atom. The molecule has 1 atom stereocenters. The maximum absolute atomic E-state index is 9.66. The minimum absolute atomic E-state index is 0.0494. The number of nitrogens with zero attached hydrogens (tertiary/aromatic N) is 1. The highest BCUT2D eigenvalue weighted by molar-refractivity contribution is 7.15. The smallest absolute Gasteiger partial charge is 0.123 e. The lowest BCUT2D eigenvalue weighted by Crippen LogP contribution is -2.34. The molecule has 0 amide bonds. The van der Waals surface area contributed by atoms with E-state index in [-0.39, 0.29) is 12.6 Å². The largest absolute Gasteiger partial charge is 0.395 e. The zero-order chi connectivity index (χ0) is 16.8. The zero-order valence-corrected chi connectivity index (χ0v) is 14.6. The fourth-order valence-electron chi connectivity index (χ4n) is 2.65. The Hall–Kier alpha value is -2.01. The third-order valence-corrected chi connectivity index (χ3v) is 5.13. The van der Waals surface area contributed by atoms with Crippen molar-refractivity contribution in [2.24, 2.45) is 0 Å². The number of thiazole rings is 1. The molecule has 1 unspecified atom stereocenters. The van der Waals surface area contributed by atoms with Gasteiger partial charge in [0, 0.05) is 29.2 Å². The van der Waals surface area contributed by atoms with Gasteiger partial charge in [-0.25, -0.2) is 4.98 Å². The first kappa shape index (κ1) is 16.8. The van der Waals surface area contributed by atoms with Crippen LogP contribution in [0.4, 0.5) is 0 Å². The maximum atomic E-state index is 9.66. The summed E-state index contributed by atoms with van der Waals surface area (Å²) in [7, 11) is 0. The van der Waals surface area contributed by atoms with Gasteiger partial charge in [0.2, 0.25) is 0 Å². The van der Waals surface area contributed by atoms with Crippen molar-refractivity contribution in [1.82, 2.24) is 10.3 Å². The van der Waals surface area contributed by atoms with E-state index >= 15 is 0 Å². The molecular formula is C20H22N2OS. The fraction of sp³-hybridized carbons (Fsp3) is 0.250. The third kappa shape index (κ3) is 4.29.